The zero-order chi connectivity index (χ0) is 39.6. The second-order valence-electron chi connectivity index (χ2n) is 15.6. The molecule has 0 saturated heterocycles. The fourth-order valence-corrected chi connectivity index (χ4v) is 9.26. The predicted octanol–water partition coefficient (Wildman–Crippen LogP) is 15.1. The van der Waals surface area contributed by atoms with Crippen LogP contribution in [0.3, 0.4) is 0 Å². The third-order valence-electron chi connectivity index (χ3n) is 12.1. The van der Waals surface area contributed by atoms with Crippen LogP contribution in [0.15, 0.2) is 224 Å². The first-order valence-electron chi connectivity index (χ1n) is 20.5. The molecule has 0 bridgehead atoms. The van der Waals surface area contributed by atoms with Crippen molar-refractivity contribution >= 4 is 54.4 Å². The summed E-state index contributed by atoms with van der Waals surface area (Å²) >= 11 is 0. The van der Waals surface area contributed by atoms with Crippen molar-refractivity contribution in [2.45, 2.75) is 0 Å². The molecule has 0 aliphatic rings. The van der Waals surface area contributed by atoms with Crippen LogP contribution in [0.5, 0.6) is 0 Å². The van der Waals surface area contributed by atoms with Gasteiger partial charge in [0, 0.05) is 44.0 Å². The van der Waals surface area contributed by atoms with E-state index >= 15 is 0 Å². The molecule has 280 valence electrons. The average Bonchev–Trinajstić information content (AvgIpc) is 3.85. The molecule has 0 fully saturated rings. The van der Waals surface area contributed by atoms with Crippen LogP contribution in [0.25, 0.3) is 111 Å². The van der Waals surface area contributed by atoms with E-state index in [2.05, 4.69) is 234 Å². The topological polar surface area (TPSA) is 22.8 Å². The number of aromatic nitrogens is 3. The summed E-state index contributed by atoms with van der Waals surface area (Å²) in [6.45, 7) is 0. The standard InChI is InChI=1S/C57H37N3/c1-4-15-38(16-5-1)40-19-14-20-43(33-40)52-36-45(39-17-6-2-7-18-39)37-53(58-52)44-28-27-42-35-47(30-29-41(42)34-44)60-55-26-13-11-24-49(55)51-32-31-50-48-23-10-12-25-54(48)59(56(50)57(51)60)46-21-8-3-9-22-46/h1-37H. The van der Waals surface area contributed by atoms with Crippen molar-refractivity contribution in [2.24, 2.45) is 0 Å². The second kappa shape index (κ2) is 13.8. The summed E-state index contributed by atoms with van der Waals surface area (Å²) in [7, 11) is 0. The van der Waals surface area contributed by atoms with Crippen LogP contribution in [-0.2, 0) is 0 Å². The number of rotatable bonds is 6. The van der Waals surface area contributed by atoms with Crippen molar-refractivity contribution in [3.8, 4) is 56.1 Å². The molecule has 3 nitrogen and oxygen atoms in total. The van der Waals surface area contributed by atoms with E-state index in [9.17, 15) is 0 Å². The van der Waals surface area contributed by atoms with Gasteiger partial charge in [-0.2, -0.15) is 0 Å². The number of hydrogen-bond acceptors (Lipinski definition) is 1. The second-order valence-corrected chi connectivity index (χ2v) is 15.6. The van der Waals surface area contributed by atoms with E-state index in [-0.39, 0.29) is 0 Å². The highest BCUT2D eigenvalue weighted by Gasteiger charge is 2.21. The Morgan fingerprint density at radius 1 is 0.267 bits per heavy atom. The highest BCUT2D eigenvalue weighted by Crippen LogP contribution is 2.42. The smallest absolute Gasteiger partial charge is 0.0788 e. The first kappa shape index (κ1) is 34.1. The molecule has 0 saturated carbocycles. The average molecular weight is 764 g/mol. The number of fused-ring (bicyclic) bond motifs is 8. The predicted molar refractivity (Wildman–Crippen MR) is 252 cm³/mol. The number of hydrogen-bond donors (Lipinski definition) is 0. The molecule has 0 unspecified atom stereocenters. The lowest BCUT2D eigenvalue weighted by molar-refractivity contribution is 1.15. The molecule has 0 spiro atoms. The Morgan fingerprint density at radius 2 is 0.750 bits per heavy atom. The van der Waals surface area contributed by atoms with Gasteiger partial charge in [-0.25, -0.2) is 4.98 Å². The van der Waals surface area contributed by atoms with Gasteiger partial charge in [-0.15, -0.1) is 0 Å². The van der Waals surface area contributed by atoms with E-state index < -0.39 is 0 Å². The van der Waals surface area contributed by atoms with Gasteiger partial charge in [0.25, 0.3) is 0 Å². The van der Waals surface area contributed by atoms with Crippen LogP contribution in [0, 0.1) is 0 Å². The molecule has 0 aliphatic heterocycles. The molecular weight excluding hydrogens is 727 g/mol. The summed E-state index contributed by atoms with van der Waals surface area (Å²) in [6, 6.07) is 80.9. The van der Waals surface area contributed by atoms with Crippen molar-refractivity contribution in [3.05, 3.63) is 224 Å². The first-order valence-corrected chi connectivity index (χ1v) is 20.5. The summed E-state index contributed by atoms with van der Waals surface area (Å²) in [5, 5.41) is 7.31. The zero-order valence-corrected chi connectivity index (χ0v) is 32.7. The van der Waals surface area contributed by atoms with Gasteiger partial charge in [0.15, 0.2) is 0 Å². The fourth-order valence-electron chi connectivity index (χ4n) is 9.26. The molecular formula is C57H37N3. The molecule has 12 aromatic rings. The molecule has 0 amide bonds. The summed E-state index contributed by atoms with van der Waals surface area (Å²) in [5.74, 6) is 0. The molecule has 3 heterocycles. The van der Waals surface area contributed by atoms with Crippen LogP contribution in [-0.4, -0.2) is 14.1 Å². The van der Waals surface area contributed by atoms with E-state index in [1.165, 1.54) is 71.1 Å². The van der Waals surface area contributed by atoms with E-state index in [0.29, 0.717) is 0 Å². The van der Waals surface area contributed by atoms with E-state index in [1.807, 2.05) is 0 Å². The van der Waals surface area contributed by atoms with Crippen molar-refractivity contribution in [3.63, 3.8) is 0 Å². The van der Waals surface area contributed by atoms with Crippen LogP contribution in [0.2, 0.25) is 0 Å². The monoisotopic (exact) mass is 763 g/mol. The quantitative estimate of drug-likeness (QED) is 0.165. The molecule has 3 heteroatoms. The van der Waals surface area contributed by atoms with Crippen LogP contribution < -0.4 is 0 Å². The maximum Gasteiger partial charge on any atom is 0.0788 e. The zero-order valence-electron chi connectivity index (χ0n) is 32.7. The summed E-state index contributed by atoms with van der Waals surface area (Å²) in [4.78, 5) is 5.34. The lowest BCUT2D eigenvalue weighted by Crippen LogP contribution is -1.98. The number of para-hydroxylation sites is 3. The third-order valence-corrected chi connectivity index (χ3v) is 12.1. The number of benzene rings is 9. The van der Waals surface area contributed by atoms with Gasteiger partial charge < -0.3 is 9.13 Å². The normalized spacial score (nSPS) is 11.7. The van der Waals surface area contributed by atoms with E-state index in [1.54, 1.807) is 0 Å². The van der Waals surface area contributed by atoms with Gasteiger partial charge >= 0.3 is 0 Å². The van der Waals surface area contributed by atoms with Gasteiger partial charge in [0.1, 0.15) is 0 Å². The summed E-state index contributed by atoms with van der Waals surface area (Å²) in [6.07, 6.45) is 0. The Morgan fingerprint density at radius 3 is 1.40 bits per heavy atom. The molecule has 0 radical (unpaired) electrons. The molecule has 0 N–H and O–H groups in total. The molecule has 3 aromatic heterocycles. The van der Waals surface area contributed by atoms with Gasteiger partial charge in [0.05, 0.1) is 33.5 Å². The number of nitrogens with zero attached hydrogens (tertiary/aromatic N) is 3. The minimum atomic E-state index is 0.945. The van der Waals surface area contributed by atoms with E-state index in [4.69, 9.17) is 4.98 Å². The Labute approximate surface area is 347 Å². The van der Waals surface area contributed by atoms with E-state index in [0.717, 1.165) is 39.5 Å². The third kappa shape index (κ3) is 5.55. The maximum atomic E-state index is 5.34. The Bertz CT molecular complexity index is 3580. The van der Waals surface area contributed by atoms with Crippen molar-refractivity contribution < 1.29 is 0 Å². The molecule has 9 aromatic carbocycles. The molecule has 0 aliphatic carbocycles. The lowest BCUT2D eigenvalue weighted by atomic mass is 9.97. The van der Waals surface area contributed by atoms with Crippen LogP contribution in [0.1, 0.15) is 0 Å². The Kier molecular flexibility index (Phi) is 7.85. The molecule has 12 rings (SSSR count). The van der Waals surface area contributed by atoms with Crippen molar-refractivity contribution in [2.75, 3.05) is 0 Å². The number of pyridine rings is 1. The van der Waals surface area contributed by atoms with Gasteiger partial charge in [0.2, 0.25) is 0 Å². The summed E-state index contributed by atoms with van der Waals surface area (Å²) < 4.78 is 4.91. The fraction of sp³-hybridized carbons (Fsp3) is 0. The van der Waals surface area contributed by atoms with Crippen LogP contribution in [0.4, 0.5) is 0 Å². The highest BCUT2D eigenvalue weighted by molar-refractivity contribution is 6.24. The molecule has 0 atom stereocenters. The van der Waals surface area contributed by atoms with Gasteiger partial charge in [-0.1, -0.05) is 164 Å². The minimum Gasteiger partial charge on any atom is -0.307 e. The SMILES string of the molecule is c1ccc(-c2cccc(-c3cc(-c4ccccc4)cc(-c4ccc5cc(-n6c7ccccc7c7ccc8c9ccccc9n(-c9ccccc9)c8c76)ccc5c4)n3)c2)cc1. The largest absolute Gasteiger partial charge is 0.307 e. The molecule has 60 heavy (non-hydrogen) atoms. The van der Waals surface area contributed by atoms with Crippen LogP contribution >= 0.6 is 0 Å². The Balaban J connectivity index is 1.03. The lowest BCUT2D eigenvalue weighted by Gasteiger charge is -2.14. The van der Waals surface area contributed by atoms with Crippen molar-refractivity contribution in [1.29, 1.82) is 0 Å². The van der Waals surface area contributed by atoms with Gasteiger partial charge in [-0.05, 0) is 93.7 Å². The Hall–Kier alpha value is -8.01. The van der Waals surface area contributed by atoms with Crippen molar-refractivity contribution in [1.82, 2.24) is 14.1 Å². The highest BCUT2D eigenvalue weighted by atomic mass is 15.0. The minimum absolute atomic E-state index is 0.945. The first-order chi connectivity index (χ1) is 29.7. The summed E-state index contributed by atoms with van der Waals surface area (Å²) in [5.41, 5.74) is 15.8. The maximum absolute atomic E-state index is 5.34. The van der Waals surface area contributed by atoms with Gasteiger partial charge in [-0.3, -0.25) is 0 Å².